The largest absolute Gasteiger partial charge is 0.790 e. The van der Waals surface area contributed by atoms with Crippen molar-refractivity contribution in [3.8, 4) is 0 Å². The first-order chi connectivity index (χ1) is 25.9. The van der Waals surface area contributed by atoms with E-state index in [1.54, 1.807) is 0 Å². The number of thioether (sulfide) groups is 2. The second-order valence-corrected chi connectivity index (χ2v) is 19.5. The minimum Gasteiger partial charge on any atom is -0.790 e. The van der Waals surface area contributed by atoms with Crippen molar-refractivity contribution < 1.29 is 80.5 Å². The lowest BCUT2D eigenvalue weighted by Crippen LogP contribution is -2.46. The maximum absolute atomic E-state index is 12.6. The number of phosphoric ester groups is 3. The first kappa shape index (κ1) is 48.6. The summed E-state index contributed by atoms with van der Waals surface area (Å²) in [4.78, 5) is 96.1. The van der Waals surface area contributed by atoms with E-state index in [1.165, 1.54) is 20.8 Å². The van der Waals surface area contributed by atoms with E-state index in [1.807, 2.05) is 0 Å². The van der Waals surface area contributed by atoms with Crippen molar-refractivity contribution in [1.29, 1.82) is 0 Å². The van der Waals surface area contributed by atoms with Gasteiger partial charge in [-0.25, -0.2) is 19.3 Å². The molecule has 3 heterocycles. The van der Waals surface area contributed by atoms with Crippen LogP contribution in [0.15, 0.2) is 12.7 Å². The Labute approximate surface area is 333 Å². The number of ether oxygens (including phenoxy) is 1. The van der Waals surface area contributed by atoms with Gasteiger partial charge in [0.15, 0.2) is 17.2 Å². The topological polar surface area (TPSA) is 375 Å². The highest BCUT2D eigenvalue weighted by atomic mass is 32.2. The molecule has 0 spiro atoms. The summed E-state index contributed by atoms with van der Waals surface area (Å²) in [6.07, 6.45) is -5.30. The first-order valence-corrected chi connectivity index (χ1v) is 23.2. The summed E-state index contributed by atoms with van der Waals surface area (Å²) in [5.41, 5.74) is 2.02. The Morgan fingerprint density at radius 3 is 2.41 bits per heavy atom. The monoisotopic (exact) mass is 911 g/mol. The van der Waals surface area contributed by atoms with Gasteiger partial charge in [0.2, 0.25) is 16.3 Å². The van der Waals surface area contributed by atoms with Gasteiger partial charge in [-0.05, 0) is 19.1 Å². The number of carbonyl (C=O) groups is 3. The van der Waals surface area contributed by atoms with Gasteiger partial charge < -0.3 is 69.0 Å². The van der Waals surface area contributed by atoms with Crippen LogP contribution in [0.4, 0.5) is 10.6 Å². The molecule has 2 aromatic heterocycles. The fourth-order valence-corrected chi connectivity index (χ4v) is 9.57. The Bertz CT molecular complexity index is 1840. The van der Waals surface area contributed by atoms with Crippen molar-refractivity contribution in [1.82, 2.24) is 30.2 Å². The molecule has 2 amide bonds. The van der Waals surface area contributed by atoms with E-state index in [0.29, 0.717) is 17.3 Å². The molecule has 24 nitrogen and oxygen atoms in total. The Kier molecular flexibility index (Phi) is 17.8. The number of aromatic nitrogens is 4. The highest BCUT2D eigenvalue weighted by Crippen LogP contribution is 2.56. The standard InChI is InChI=1S/C26H44N7O17P3S3/c1-25(2,20(36)23(37)29-6-5-16(34)28-7-10-56-24(38)55-9-4-8-54)12-47-53(44,45)50-52(42,43)46-11-15-18(49-51(39,40)41)19(35)26(3,48-15)33-14-32-17-21(27)30-13-31-22(17)33/h13-15,18-20,35-36,54H,4-12H2,1-3H3,(H,28,34)(H,29,37)(H,42,43)(H,44,45)(H2,27,30,31)(H2,39,40,41)/p-4. The third-order valence-corrected chi connectivity index (χ3v) is 13.1. The minimum absolute atomic E-state index is 0.0333. The van der Waals surface area contributed by atoms with Gasteiger partial charge in [-0.1, -0.05) is 37.4 Å². The molecule has 6 N–H and O–H groups in total. The van der Waals surface area contributed by atoms with Gasteiger partial charge in [0.25, 0.3) is 15.6 Å². The molecule has 2 aromatic rings. The number of amides is 2. The highest BCUT2D eigenvalue weighted by molar-refractivity contribution is 8.38. The van der Waals surface area contributed by atoms with Gasteiger partial charge in [-0.15, -0.1) is 0 Å². The summed E-state index contributed by atoms with van der Waals surface area (Å²) >= 11 is 6.27. The number of aliphatic hydroxyl groups excluding tert-OH is 2. The number of hydrogen-bond acceptors (Lipinski definition) is 24. The van der Waals surface area contributed by atoms with Gasteiger partial charge in [-0.3, -0.25) is 28.1 Å². The van der Waals surface area contributed by atoms with Crippen LogP contribution in [0.1, 0.15) is 33.6 Å². The van der Waals surface area contributed by atoms with Gasteiger partial charge in [0.1, 0.15) is 36.3 Å². The molecule has 0 saturated carbocycles. The second kappa shape index (κ2) is 20.5. The molecule has 30 heteroatoms. The van der Waals surface area contributed by atoms with E-state index in [2.05, 4.69) is 56.1 Å². The second-order valence-electron chi connectivity index (χ2n) is 12.6. The van der Waals surface area contributed by atoms with Gasteiger partial charge >= 0.3 is 0 Å². The Morgan fingerprint density at radius 2 is 1.75 bits per heavy atom. The fraction of sp³-hybridized carbons (Fsp3) is 0.692. The number of nitrogens with two attached hydrogens (primary N) is 1. The quantitative estimate of drug-likeness (QED) is 0.0421. The first-order valence-electron chi connectivity index (χ1n) is 16.2. The molecule has 0 radical (unpaired) electrons. The van der Waals surface area contributed by atoms with Crippen LogP contribution in [-0.4, -0.2) is 114 Å². The molecule has 1 aliphatic rings. The molecule has 0 bridgehead atoms. The number of carbonyl (C=O) groups excluding carboxylic acids is 3. The van der Waals surface area contributed by atoms with Gasteiger partial charge in [-0.2, -0.15) is 12.6 Å². The fourth-order valence-electron chi connectivity index (χ4n) is 4.82. The zero-order valence-corrected chi connectivity index (χ0v) is 35.0. The van der Waals surface area contributed by atoms with Crippen LogP contribution in [0.3, 0.4) is 0 Å². The van der Waals surface area contributed by atoms with E-state index in [0.717, 1.165) is 47.2 Å². The van der Waals surface area contributed by atoms with Gasteiger partial charge in [0, 0.05) is 36.4 Å². The van der Waals surface area contributed by atoms with E-state index in [4.69, 9.17) is 10.5 Å². The van der Waals surface area contributed by atoms with E-state index < -0.39 is 84.1 Å². The lowest BCUT2D eigenvalue weighted by atomic mass is 9.87. The Balaban J connectivity index is 1.51. The highest BCUT2D eigenvalue weighted by Gasteiger charge is 2.55. The molecule has 1 fully saturated rings. The van der Waals surface area contributed by atoms with Crippen LogP contribution >= 0.6 is 59.6 Å². The summed E-state index contributed by atoms with van der Waals surface area (Å²) in [7, 11) is -17.7. The zero-order chi connectivity index (χ0) is 42.1. The predicted octanol–water partition coefficient (Wildman–Crippen LogP) is -2.04. The Morgan fingerprint density at radius 1 is 1.09 bits per heavy atom. The van der Waals surface area contributed by atoms with E-state index >= 15 is 0 Å². The minimum atomic E-state index is -5.93. The maximum atomic E-state index is 12.6. The van der Waals surface area contributed by atoms with Crippen LogP contribution in [0, 0.1) is 5.41 Å². The van der Waals surface area contributed by atoms with Crippen LogP contribution in [0.25, 0.3) is 11.2 Å². The number of fused-ring (bicyclic) bond motifs is 1. The molecule has 1 aliphatic heterocycles. The third-order valence-electron chi connectivity index (χ3n) is 7.71. The molecular formula is C26H40N7O17P3S3-4. The number of anilines is 1. The van der Waals surface area contributed by atoms with Crippen molar-refractivity contribution in [3.63, 3.8) is 0 Å². The summed E-state index contributed by atoms with van der Waals surface area (Å²) in [6.45, 7) is 1.25. The average Bonchev–Trinajstić information content (AvgIpc) is 3.64. The predicted molar refractivity (Wildman–Crippen MR) is 194 cm³/mol. The van der Waals surface area contributed by atoms with Crippen LogP contribution in [-0.2, 0) is 51.6 Å². The lowest BCUT2D eigenvalue weighted by Gasteiger charge is -2.36. The smallest absolute Gasteiger partial charge is 0.274 e. The average molecular weight is 912 g/mol. The normalized spacial score (nSPS) is 23.0. The molecule has 3 rings (SSSR count). The molecule has 318 valence electrons. The number of phosphoric acid groups is 3. The summed E-state index contributed by atoms with van der Waals surface area (Å²) < 4.78 is 60.9. The van der Waals surface area contributed by atoms with Crippen molar-refractivity contribution in [2.75, 3.05) is 49.3 Å². The lowest BCUT2D eigenvalue weighted by molar-refractivity contribution is -0.347. The zero-order valence-electron chi connectivity index (χ0n) is 29.8. The number of hydrogen-bond donors (Lipinski definition) is 6. The number of rotatable bonds is 22. The molecule has 1 saturated heterocycles. The Hall–Kier alpha value is -1.74. The molecule has 0 aromatic carbocycles. The van der Waals surface area contributed by atoms with Gasteiger partial charge in [0.05, 0.1) is 27.4 Å². The number of thiol groups is 1. The third kappa shape index (κ3) is 14.2. The molecule has 7 unspecified atom stereocenters. The van der Waals surface area contributed by atoms with Crippen molar-refractivity contribution in [2.45, 2.75) is 63.8 Å². The molecule has 7 atom stereocenters. The number of aliphatic hydroxyl groups is 2. The van der Waals surface area contributed by atoms with Crippen molar-refractivity contribution >= 4 is 92.9 Å². The van der Waals surface area contributed by atoms with E-state index in [-0.39, 0.29) is 40.9 Å². The summed E-state index contributed by atoms with van der Waals surface area (Å²) in [5.74, 6) is 0.0833. The maximum Gasteiger partial charge on any atom is 0.274 e. The number of nitrogen functional groups attached to an aromatic ring is 1. The SMILES string of the molecule is CC(C)(COP(=O)([O-])OP(=O)([O-])OCC1OC(C)(n2cnc3c(N)ncnc32)C(O)C1OP(=O)([O-])[O-])C(O)C(=O)NCCC(=O)NCCSC(=O)SCCCS. The van der Waals surface area contributed by atoms with Crippen LogP contribution in [0.2, 0.25) is 0 Å². The van der Waals surface area contributed by atoms with Crippen LogP contribution in [0.5, 0.6) is 0 Å². The number of imidazole rings is 1. The summed E-state index contributed by atoms with van der Waals surface area (Å²) in [6, 6.07) is 0. The molecule has 56 heavy (non-hydrogen) atoms. The van der Waals surface area contributed by atoms with Crippen molar-refractivity contribution in [2.24, 2.45) is 5.41 Å². The summed E-state index contributed by atoms with van der Waals surface area (Å²) in [5, 5.41) is 26.4. The number of nitrogens with zero attached hydrogens (tertiary/aromatic N) is 4. The molecular weight excluding hydrogens is 871 g/mol. The number of nitrogens with one attached hydrogen (secondary N) is 2. The van der Waals surface area contributed by atoms with Crippen molar-refractivity contribution in [3.05, 3.63) is 12.7 Å². The van der Waals surface area contributed by atoms with Crippen LogP contribution < -0.4 is 35.9 Å². The molecule has 0 aliphatic carbocycles. The van der Waals surface area contributed by atoms with E-state index in [9.17, 15) is 57.9 Å².